The Balaban J connectivity index is 1.40. The van der Waals surface area contributed by atoms with Crippen molar-refractivity contribution in [1.29, 1.82) is 0 Å². The van der Waals surface area contributed by atoms with E-state index in [0.717, 1.165) is 33.2 Å². The molecular formula is C28H25FN4O. The molecule has 0 fully saturated rings. The summed E-state index contributed by atoms with van der Waals surface area (Å²) in [5.41, 5.74) is 5.55. The van der Waals surface area contributed by atoms with E-state index in [1.807, 2.05) is 68.0 Å². The number of hydrogen-bond donors (Lipinski definition) is 2. The van der Waals surface area contributed by atoms with Gasteiger partial charge in [0.25, 0.3) is 0 Å². The van der Waals surface area contributed by atoms with Crippen LogP contribution in [0.1, 0.15) is 27.5 Å². The zero-order valence-electron chi connectivity index (χ0n) is 18.8. The van der Waals surface area contributed by atoms with Gasteiger partial charge in [0.1, 0.15) is 5.82 Å². The normalized spacial score (nSPS) is 12.2. The van der Waals surface area contributed by atoms with Crippen molar-refractivity contribution in [2.75, 3.05) is 6.54 Å². The summed E-state index contributed by atoms with van der Waals surface area (Å²) in [5.74, 6) is -0.245. The zero-order valence-corrected chi connectivity index (χ0v) is 18.8. The van der Waals surface area contributed by atoms with Crippen molar-refractivity contribution in [3.05, 3.63) is 114 Å². The van der Waals surface area contributed by atoms with Crippen molar-refractivity contribution in [3.8, 4) is 11.1 Å². The summed E-state index contributed by atoms with van der Waals surface area (Å²) in [4.78, 5) is 17.0. The van der Waals surface area contributed by atoms with Crippen molar-refractivity contribution in [2.45, 2.75) is 12.5 Å². The van der Waals surface area contributed by atoms with Gasteiger partial charge in [0.2, 0.25) is 0 Å². The molecule has 2 heterocycles. The number of Topliss-reactive ketones (excluding diaryl/α,β-unsaturated/α-hetero) is 1. The van der Waals surface area contributed by atoms with Gasteiger partial charge in [-0.3, -0.25) is 9.48 Å². The number of H-pyrrole nitrogens is 1. The number of aromatic nitrogens is 3. The number of halogens is 1. The highest BCUT2D eigenvalue weighted by Gasteiger charge is 2.24. The first-order chi connectivity index (χ1) is 16.6. The number of aromatic amines is 1. The molecule has 0 radical (unpaired) electrons. The summed E-state index contributed by atoms with van der Waals surface area (Å²) in [6.45, 7) is 0.588. The molecule has 2 aromatic heterocycles. The standard InChI is InChI=1S/C28H25FN4O/c1-33-18-22(16-32-33)21-9-12-24-25(17-31-26(24)15-21)28(34)27(20-5-3-2-4-6-20)30-14-13-19-7-10-23(29)11-8-19/h2-12,15-18,27,30-31H,13-14H2,1H3/t27-/m0/s1. The third kappa shape index (κ3) is 4.54. The largest absolute Gasteiger partial charge is 0.360 e. The van der Waals surface area contributed by atoms with E-state index < -0.39 is 6.04 Å². The molecule has 3 aromatic carbocycles. The van der Waals surface area contributed by atoms with Crippen molar-refractivity contribution < 1.29 is 9.18 Å². The number of rotatable bonds is 8. The lowest BCUT2D eigenvalue weighted by Gasteiger charge is -2.18. The Labute approximate surface area is 197 Å². The molecule has 0 amide bonds. The lowest BCUT2D eigenvalue weighted by molar-refractivity contribution is 0.0945. The third-order valence-electron chi connectivity index (χ3n) is 6.06. The van der Waals surface area contributed by atoms with Crippen LogP contribution in [0.3, 0.4) is 0 Å². The highest BCUT2D eigenvalue weighted by Crippen LogP contribution is 2.28. The van der Waals surface area contributed by atoms with Crippen LogP contribution in [0.15, 0.2) is 91.4 Å². The Kier molecular flexibility index (Phi) is 6.06. The van der Waals surface area contributed by atoms with Gasteiger partial charge in [-0.2, -0.15) is 5.10 Å². The molecule has 6 heteroatoms. The molecule has 0 aliphatic rings. The molecule has 0 spiro atoms. The summed E-state index contributed by atoms with van der Waals surface area (Å²) in [7, 11) is 1.89. The fourth-order valence-corrected chi connectivity index (χ4v) is 4.25. The van der Waals surface area contributed by atoms with E-state index in [4.69, 9.17) is 0 Å². The van der Waals surface area contributed by atoms with Gasteiger partial charge in [-0.1, -0.05) is 54.6 Å². The minimum absolute atomic E-state index is 0.00526. The van der Waals surface area contributed by atoms with E-state index >= 15 is 0 Å². The highest BCUT2D eigenvalue weighted by atomic mass is 19.1. The van der Waals surface area contributed by atoms with E-state index in [2.05, 4.69) is 15.4 Å². The first-order valence-corrected chi connectivity index (χ1v) is 11.3. The van der Waals surface area contributed by atoms with Crippen LogP contribution < -0.4 is 5.32 Å². The molecule has 0 aliphatic heterocycles. The van der Waals surface area contributed by atoms with Crippen LogP contribution in [0.2, 0.25) is 0 Å². The molecule has 0 unspecified atom stereocenters. The highest BCUT2D eigenvalue weighted by molar-refractivity contribution is 6.11. The Bertz CT molecular complexity index is 1420. The fraction of sp³-hybridized carbons (Fsp3) is 0.143. The Hall–Kier alpha value is -4.03. The smallest absolute Gasteiger partial charge is 0.186 e. The second-order valence-corrected chi connectivity index (χ2v) is 8.40. The molecule has 170 valence electrons. The van der Waals surface area contributed by atoms with Crippen LogP contribution in [0.25, 0.3) is 22.0 Å². The van der Waals surface area contributed by atoms with Crippen LogP contribution in [0, 0.1) is 5.82 Å². The van der Waals surface area contributed by atoms with Crippen LogP contribution in [0.5, 0.6) is 0 Å². The third-order valence-corrected chi connectivity index (χ3v) is 6.06. The molecular weight excluding hydrogens is 427 g/mol. The van der Waals surface area contributed by atoms with E-state index in [-0.39, 0.29) is 11.6 Å². The van der Waals surface area contributed by atoms with E-state index in [9.17, 15) is 9.18 Å². The first-order valence-electron chi connectivity index (χ1n) is 11.3. The monoisotopic (exact) mass is 452 g/mol. The van der Waals surface area contributed by atoms with Crippen molar-refractivity contribution in [2.24, 2.45) is 7.05 Å². The minimum Gasteiger partial charge on any atom is -0.360 e. The predicted molar refractivity (Wildman–Crippen MR) is 132 cm³/mol. The van der Waals surface area contributed by atoms with E-state index in [1.54, 1.807) is 23.0 Å². The quantitative estimate of drug-likeness (QED) is 0.307. The van der Waals surface area contributed by atoms with Gasteiger partial charge in [0.05, 0.1) is 12.2 Å². The molecule has 0 saturated carbocycles. The number of carbonyl (C=O) groups is 1. The van der Waals surface area contributed by atoms with Crippen LogP contribution in [0.4, 0.5) is 4.39 Å². The Morgan fingerprint density at radius 3 is 2.59 bits per heavy atom. The molecule has 0 aliphatic carbocycles. The number of nitrogens with one attached hydrogen (secondary N) is 2. The van der Waals surface area contributed by atoms with E-state index in [0.29, 0.717) is 18.5 Å². The molecule has 0 saturated heterocycles. The molecule has 1 atom stereocenters. The SMILES string of the molecule is Cn1cc(-c2ccc3c(C(=O)[C@@H](NCCc4ccc(F)cc4)c4ccccc4)c[nH]c3c2)cn1. The molecule has 0 bridgehead atoms. The average molecular weight is 453 g/mol. The number of carbonyl (C=O) groups excluding carboxylic acids is 1. The molecule has 5 nitrogen and oxygen atoms in total. The fourth-order valence-electron chi connectivity index (χ4n) is 4.25. The van der Waals surface area contributed by atoms with Crippen LogP contribution in [-0.4, -0.2) is 27.1 Å². The number of aryl methyl sites for hydroxylation is 1. The van der Waals surface area contributed by atoms with Gasteiger partial charge in [0, 0.05) is 48.0 Å². The Morgan fingerprint density at radius 1 is 1.06 bits per heavy atom. The predicted octanol–water partition coefficient (Wildman–Crippen LogP) is 5.46. The zero-order chi connectivity index (χ0) is 23.5. The molecule has 5 aromatic rings. The molecule has 5 rings (SSSR count). The maximum atomic E-state index is 13.7. The molecule has 34 heavy (non-hydrogen) atoms. The van der Waals surface area contributed by atoms with Crippen molar-refractivity contribution in [1.82, 2.24) is 20.1 Å². The number of ketones is 1. The lowest BCUT2D eigenvalue weighted by atomic mass is 9.96. The van der Waals surface area contributed by atoms with Crippen LogP contribution >= 0.6 is 0 Å². The summed E-state index contributed by atoms with van der Waals surface area (Å²) < 4.78 is 15.0. The van der Waals surface area contributed by atoms with Gasteiger partial charge >= 0.3 is 0 Å². The Morgan fingerprint density at radius 2 is 1.85 bits per heavy atom. The van der Waals surface area contributed by atoms with Crippen molar-refractivity contribution in [3.63, 3.8) is 0 Å². The minimum atomic E-state index is -0.487. The van der Waals surface area contributed by atoms with Gasteiger partial charge in [-0.05, 0) is 41.3 Å². The topological polar surface area (TPSA) is 62.7 Å². The van der Waals surface area contributed by atoms with E-state index in [1.165, 1.54) is 12.1 Å². The van der Waals surface area contributed by atoms with Gasteiger partial charge in [-0.25, -0.2) is 4.39 Å². The van der Waals surface area contributed by atoms with Gasteiger partial charge < -0.3 is 10.3 Å². The number of nitrogens with zero attached hydrogens (tertiary/aromatic N) is 2. The lowest BCUT2D eigenvalue weighted by Crippen LogP contribution is -2.30. The molecule has 2 N–H and O–H groups in total. The number of fused-ring (bicyclic) bond motifs is 1. The van der Waals surface area contributed by atoms with Gasteiger partial charge in [0.15, 0.2) is 5.78 Å². The summed E-state index contributed by atoms with van der Waals surface area (Å²) >= 11 is 0. The summed E-state index contributed by atoms with van der Waals surface area (Å²) in [6.07, 6.45) is 6.27. The summed E-state index contributed by atoms with van der Waals surface area (Å²) in [5, 5.41) is 8.56. The maximum Gasteiger partial charge on any atom is 0.186 e. The summed E-state index contributed by atoms with van der Waals surface area (Å²) in [6, 6.07) is 21.8. The second-order valence-electron chi connectivity index (χ2n) is 8.40. The average Bonchev–Trinajstić information content (AvgIpc) is 3.49. The number of hydrogen-bond acceptors (Lipinski definition) is 3. The maximum absolute atomic E-state index is 13.7. The van der Waals surface area contributed by atoms with Gasteiger partial charge in [-0.15, -0.1) is 0 Å². The van der Waals surface area contributed by atoms with Crippen LogP contribution in [-0.2, 0) is 13.5 Å². The second kappa shape index (κ2) is 9.45. The van der Waals surface area contributed by atoms with Crippen molar-refractivity contribution >= 4 is 16.7 Å². The number of benzene rings is 3. The first kappa shape index (κ1) is 21.8.